The van der Waals surface area contributed by atoms with E-state index in [0.29, 0.717) is 17.9 Å². The number of rotatable bonds is 7. The fourth-order valence-corrected chi connectivity index (χ4v) is 5.28. The third kappa shape index (κ3) is 4.80. The van der Waals surface area contributed by atoms with Crippen molar-refractivity contribution < 1.29 is 19.1 Å². The molecule has 0 N–H and O–H groups in total. The van der Waals surface area contributed by atoms with Gasteiger partial charge in [0.15, 0.2) is 0 Å². The van der Waals surface area contributed by atoms with Gasteiger partial charge >= 0.3 is 0 Å². The van der Waals surface area contributed by atoms with Crippen LogP contribution in [0.25, 0.3) is 0 Å². The van der Waals surface area contributed by atoms with Crippen molar-refractivity contribution in [1.82, 2.24) is 9.80 Å². The van der Waals surface area contributed by atoms with E-state index in [2.05, 4.69) is 11.4 Å². The second-order valence-corrected chi connectivity index (χ2v) is 9.57. The largest absolute Gasteiger partial charge is 0.497 e. The summed E-state index contributed by atoms with van der Waals surface area (Å²) in [5, 5.41) is 2.09. The molecule has 178 valence electrons. The molecule has 4 rings (SSSR count). The molecule has 0 saturated carbocycles. The molecule has 6 nitrogen and oxygen atoms in total. The van der Waals surface area contributed by atoms with Crippen molar-refractivity contribution in [3.05, 3.63) is 81.5 Å². The normalized spacial score (nSPS) is 15.1. The second kappa shape index (κ2) is 10.3. The summed E-state index contributed by atoms with van der Waals surface area (Å²) in [6, 6.07) is 16.7. The van der Waals surface area contributed by atoms with Crippen LogP contribution in [0.4, 0.5) is 0 Å². The second-order valence-electron chi connectivity index (χ2n) is 8.57. The molecule has 1 aliphatic rings. The quantitative estimate of drug-likeness (QED) is 0.490. The van der Waals surface area contributed by atoms with Crippen molar-refractivity contribution in [2.45, 2.75) is 32.4 Å². The zero-order chi connectivity index (χ0) is 24.2. The van der Waals surface area contributed by atoms with E-state index < -0.39 is 0 Å². The highest BCUT2D eigenvalue weighted by Crippen LogP contribution is 2.38. The summed E-state index contributed by atoms with van der Waals surface area (Å²) in [6.07, 6.45) is 0.816. The summed E-state index contributed by atoms with van der Waals surface area (Å²) in [5.41, 5.74) is 2.69. The predicted molar refractivity (Wildman–Crippen MR) is 134 cm³/mol. The maximum absolute atomic E-state index is 13.7. The van der Waals surface area contributed by atoms with Gasteiger partial charge in [0.1, 0.15) is 18.0 Å². The summed E-state index contributed by atoms with van der Waals surface area (Å²) in [7, 11) is 3.21. The van der Waals surface area contributed by atoms with Gasteiger partial charge < -0.3 is 19.3 Å². The average Bonchev–Trinajstić information content (AvgIpc) is 3.35. The van der Waals surface area contributed by atoms with E-state index in [9.17, 15) is 9.59 Å². The summed E-state index contributed by atoms with van der Waals surface area (Å²) in [4.78, 5) is 31.9. The lowest BCUT2D eigenvalue weighted by Gasteiger charge is -2.38. The third-order valence-corrected chi connectivity index (χ3v) is 7.22. The maximum Gasteiger partial charge on any atom is 0.254 e. The molecule has 3 aromatic rings. The van der Waals surface area contributed by atoms with Crippen molar-refractivity contribution >= 4 is 23.2 Å². The maximum atomic E-state index is 13.7. The van der Waals surface area contributed by atoms with Crippen molar-refractivity contribution in [1.29, 1.82) is 0 Å². The summed E-state index contributed by atoms with van der Waals surface area (Å²) >= 11 is 1.73. The van der Waals surface area contributed by atoms with Crippen LogP contribution in [0.5, 0.6) is 11.5 Å². The molecule has 0 spiro atoms. The first-order valence-corrected chi connectivity index (χ1v) is 12.3. The molecule has 7 heteroatoms. The van der Waals surface area contributed by atoms with Crippen molar-refractivity contribution in [3.8, 4) is 11.5 Å². The zero-order valence-corrected chi connectivity index (χ0v) is 20.8. The molecule has 1 aliphatic heterocycles. The number of ether oxygens (including phenoxy) is 2. The summed E-state index contributed by atoms with van der Waals surface area (Å²) < 4.78 is 10.6. The van der Waals surface area contributed by atoms with Crippen LogP contribution in [0.1, 0.15) is 46.3 Å². The number of hydrogen-bond acceptors (Lipinski definition) is 5. The highest BCUT2D eigenvalue weighted by atomic mass is 32.1. The van der Waals surface area contributed by atoms with Crippen LogP contribution in [-0.4, -0.2) is 55.0 Å². The van der Waals surface area contributed by atoms with E-state index in [0.717, 1.165) is 23.3 Å². The fraction of sp³-hybridized carbons (Fsp3) is 0.333. The number of fused-ring (bicyclic) bond motifs is 1. The number of carbonyl (C=O) groups is 2. The number of amides is 2. The lowest BCUT2D eigenvalue weighted by Crippen LogP contribution is -2.48. The topological polar surface area (TPSA) is 59.1 Å². The summed E-state index contributed by atoms with van der Waals surface area (Å²) in [5.74, 6) is 1.14. The van der Waals surface area contributed by atoms with Gasteiger partial charge in [-0.15, -0.1) is 11.3 Å². The smallest absolute Gasteiger partial charge is 0.254 e. The molecule has 0 radical (unpaired) electrons. The number of methoxy groups -OCH3 is 2. The van der Waals surface area contributed by atoms with Crippen molar-refractivity contribution in [2.24, 2.45) is 0 Å². The molecule has 0 aliphatic carbocycles. The zero-order valence-electron chi connectivity index (χ0n) is 20.0. The summed E-state index contributed by atoms with van der Waals surface area (Å²) in [6.45, 7) is 4.49. The van der Waals surface area contributed by atoms with Gasteiger partial charge in [0.25, 0.3) is 5.91 Å². The minimum absolute atomic E-state index is 0.0137. The van der Waals surface area contributed by atoms with E-state index in [4.69, 9.17) is 9.47 Å². The first-order valence-electron chi connectivity index (χ1n) is 11.4. The van der Waals surface area contributed by atoms with E-state index in [-0.39, 0.29) is 30.4 Å². The molecule has 2 amide bonds. The highest BCUT2D eigenvalue weighted by molar-refractivity contribution is 7.10. The number of nitrogens with zero attached hydrogens (tertiary/aromatic N) is 2. The van der Waals surface area contributed by atoms with Crippen LogP contribution in [-0.2, 0) is 11.2 Å². The minimum atomic E-state index is -0.186. The van der Waals surface area contributed by atoms with Gasteiger partial charge in [0.05, 0.1) is 20.3 Å². The van der Waals surface area contributed by atoms with Gasteiger partial charge in [0, 0.05) is 23.0 Å². The number of thiophene rings is 1. The SMILES string of the molecule is COc1ccc(C2c3ccsc3CCN2C(=O)CN(C(=O)c2cccc(OC)c2)C(C)C)cc1. The Morgan fingerprint density at radius 3 is 2.47 bits per heavy atom. The van der Waals surface area contributed by atoms with Gasteiger partial charge in [-0.2, -0.15) is 0 Å². The third-order valence-electron chi connectivity index (χ3n) is 6.22. The first-order chi connectivity index (χ1) is 16.4. The molecule has 1 unspecified atom stereocenters. The Bertz CT molecular complexity index is 1160. The fourth-order valence-electron chi connectivity index (χ4n) is 4.38. The van der Waals surface area contributed by atoms with Gasteiger partial charge in [-0.05, 0) is 73.2 Å². The molecule has 1 aromatic heterocycles. The Hall–Kier alpha value is -3.32. The molecule has 2 heterocycles. The average molecular weight is 479 g/mol. The Morgan fingerprint density at radius 2 is 1.79 bits per heavy atom. The molecule has 0 saturated heterocycles. The van der Waals surface area contributed by atoms with Gasteiger partial charge in [-0.1, -0.05) is 18.2 Å². The van der Waals surface area contributed by atoms with Crippen LogP contribution in [0, 0.1) is 0 Å². The molecular formula is C27H30N2O4S. The van der Waals surface area contributed by atoms with Crippen LogP contribution in [0.2, 0.25) is 0 Å². The lowest BCUT2D eigenvalue weighted by molar-refractivity contribution is -0.134. The number of hydrogen-bond donors (Lipinski definition) is 0. The van der Waals surface area contributed by atoms with Gasteiger partial charge in [-0.25, -0.2) is 0 Å². The Morgan fingerprint density at radius 1 is 1.06 bits per heavy atom. The van der Waals surface area contributed by atoms with Crippen LogP contribution < -0.4 is 9.47 Å². The molecule has 0 fully saturated rings. The van der Waals surface area contributed by atoms with E-state index >= 15 is 0 Å². The number of benzene rings is 2. The Kier molecular flexibility index (Phi) is 7.22. The van der Waals surface area contributed by atoms with E-state index in [1.165, 1.54) is 4.88 Å². The van der Waals surface area contributed by atoms with Crippen molar-refractivity contribution in [3.63, 3.8) is 0 Å². The van der Waals surface area contributed by atoms with Crippen LogP contribution in [0.3, 0.4) is 0 Å². The highest BCUT2D eigenvalue weighted by Gasteiger charge is 2.34. The molecule has 34 heavy (non-hydrogen) atoms. The molecule has 0 bridgehead atoms. The standard InChI is InChI=1S/C27H30N2O4S/c1-18(2)29(27(31)20-6-5-7-22(16-20)33-4)17-25(30)28-14-12-24-23(13-15-34-24)26(28)19-8-10-21(32-3)11-9-19/h5-11,13,15-16,18,26H,12,14,17H2,1-4H3. The van der Waals surface area contributed by atoms with Crippen LogP contribution >= 0.6 is 11.3 Å². The molecule has 2 aromatic carbocycles. The molecular weight excluding hydrogens is 448 g/mol. The van der Waals surface area contributed by atoms with Crippen LogP contribution in [0.15, 0.2) is 60.0 Å². The predicted octanol–water partition coefficient (Wildman–Crippen LogP) is 4.79. The van der Waals surface area contributed by atoms with E-state index in [1.54, 1.807) is 54.7 Å². The van der Waals surface area contributed by atoms with E-state index in [1.807, 2.05) is 43.0 Å². The van der Waals surface area contributed by atoms with Crippen molar-refractivity contribution in [2.75, 3.05) is 27.3 Å². The lowest BCUT2D eigenvalue weighted by atomic mass is 9.93. The Labute approximate surface area is 204 Å². The monoisotopic (exact) mass is 478 g/mol. The first kappa shape index (κ1) is 23.8. The van der Waals surface area contributed by atoms with Gasteiger partial charge in [-0.3, -0.25) is 9.59 Å². The Balaban J connectivity index is 1.61. The number of carbonyl (C=O) groups excluding carboxylic acids is 2. The van der Waals surface area contributed by atoms with Gasteiger partial charge in [0.2, 0.25) is 5.91 Å². The molecule has 1 atom stereocenters. The minimum Gasteiger partial charge on any atom is -0.497 e.